The first kappa shape index (κ1) is 17.4. The molecule has 0 nitrogen and oxygen atoms in total. The lowest BCUT2D eigenvalue weighted by Gasteiger charge is -2.46. The summed E-state index contributed by atoms with van der Waals surface area (Å²) in [6.45, 7) is 25.3. The van der Waals surface area contributed by atoms with Gasteiger partial charge in [-0.25, -0.2) is 0 Å². The summed E-state index contributed by atoms with van der Waals surface area (Å²) in [5, 5.41) is 0. The van der Waals surface area contributed by atoms with Crippen LogP contribution in [0.5, 0.6) is 0 Å². The molecular weight excluding hydrogens is 252 g/mol. The van der Waals surface area contributed by atoms with E-state index in [1.165, 1.54) is 6.42 Å². The molecular formula is C21H40. The van der Waals surface area contributed by atoms with Gasteiger partial charge in [0.2, 0.25) is 0 Å². The summed E-state index contributed by atoms with van der Waals surface area (Å²) in [7, 11) is 0. The highest BCUT2D eigenvalue weighted by molar-refractivity contribution is 5.06. The molecule has 0 heterocycles. The highest BCUT2D eigenvalue weighted by Crippen LogP contribution is 2.64. The zero-order chi connectivity index (χ0) is 16.3. The van der Waals surface area contributed by atoms with E-state index in [-0.39, 0.29) is 0 Å². The highest BCUT2D eigenvalue weighted by atomic mass is 14.6. The first-order valence-corrected chi connectivity index (χ1v) is 9.48. The third kappa shape index (κ3) is 2.22. The fourth-order valence-electron chi connectivity index (χ4n) is 6.52. The predicted octanol–water partition coefficient (Wildman–Crippen LogP) is 6.51. The van der Waals surface area contributed by atoms with Gasteiger partial charge < -0.3 is 0 Å². The Bertz CT molecular complexity index is 317. The van der Waals surface area contributed by atoms with Crippen LogP contribution in [-0.4, -0.2) is 0 Å². The van der Waals surface area contributed by atoms with Gasteiger partial charge in [0, 0.05) is 0 Å². The van der Waals surface area contributed by atoms with Crippen molar-refractivity contribution in [3.8, 4) is 0 Å². The van der Waals surface area contributed by atoms with E-state index in [0.717, 1.165) is 47.3 Å². The van der Waals surface area contributed by atoms with Crippen molar-refractivity contribution < 1.29 is 0 Å². The van der Waals surface area contributed by atoms with Crippen molar-refractivity contribution in [3.63, 3.8) is 0 Å². The van der Waals surface area contributed by atoms with Crippen LogP contribution in [0, 0.1) is 58.2 Å². The second-order valence-corrected chi connectivity index (χ2v) is 9.78. The Morgan fingerprint density at radius 2 is 0.667 bits per heavy atom. The molecule has 0 radical (unpaired) electrons. The molecule has 21 heavy (non-hydrogen) atoms. The first-order chi connectivity index (χ1) is 9.48. The van der Waals surface area contributed by atoms with E-state index in [1.54, 1.807) is 0 Å². The third-order valence-electron chi connectivity index (χ3n) is 9.74. The smallest absolute Gasteiger partial charge is 0.0264 e. The Hall–Kier alpha value is 0. The Kier molecular flexibility index (Phi) is 4.36. The normalized spacial score (nSPS) is 61.4. The van der Waals surface area contributed by atoms with Crippen LogP contribution in [0.1, 0.15) is 75.7 Å². The van der Waals surface area contributed by atoms with Crippen molar-refractivity contribution >= 4 is 0 Å². The van der Waals surface area contributed by atoms with Gasteiger partial charge >= 0.3 is 0 Å². The molecule has 0 saturated heterocycles. The number of hydrogen-bond donors (Lipinski definition) is 0. The van der Waals surface area contributed by atoms with Crippen LogP contribution in [0.15, 0.2) is 0 Å². The van der Waals surface area contributed by atoms with E-state index in [2.05, 4.69) is 69.2 Å². The zero-order valence-electron chi connectivity index (χ0n) is 16.3. The van der Waals surface area contributed by atoms with Gasteiger partial charge in [-0.05, 0) is 64.6 Å². The standard InChI is InChI=1S/C21H40/c1-12-13(2)17(6)20(9,16(12)5)11-21(10)18(7)14(3)15(4)19(21)8/h12-19H,11H2,1-10H3. The minimum atomic E-state index is 0.514. The van der Waals surface area contributed by atoms with Crippen molar-refractivity contribution in [2.75, 3.05) is 0 Å². The van der Waals surface area contributed by atoms with Gasteiger partial charge in [0.05, 0.1) is 0 Å². The van der Waals surface area contributed by atoms with E-state index in [9.17, 15) is 0 Å². The summed E-state index contributed by atoms with van der Waals surface area (Å²) in [6, 6.07) is 0. The summed E-state index contributed by atoms with van der Waals surface area (Å²) >= 11 is 0. The average Bonchev–Trinajstić information content (AvgIpc) is 2.67. The van der Waals surface area contributed by atoms with Crippen LogP contribution in [0.25, 0.3) is 0 Å². The molecule has 2 fully saturated rings. The Labute approximate surface area is 134 Å². The summed E-state index contributed by atoms with van der Waals surface area (Å²) in [6.07, 6.45) is 1.42. The zero-order valence-corrected chi connectivity index (χ0v) is 16.3. The van der Waals surface area contributed by atoms with Crippen molar-refractivity contribution in [2.45, 2.75) is 75.7 Å². The Morgan fingerprint density at radius 3 is 0.857 bits per heavy atom. The van der Waals surface area contributed by atoms with Gasteiger partial charge in [0.15, 0.2) is 0 Å². The van der Waals surface area contributed by atoms with Gasteiger partial charge in [0.1, 0.15) is 0 Å². The fraction of sp³-hybridized carbons (Fsp3) is 1.00. The predicted molar refractivity (Wildman–Crippen MR) is 94.1 cm³/mol. The molecule has 124 valence electrons. The van der Waals surface area contributed by atoms with E-state index in [1.807, 2.05) is 0 Å². The monoisotopic (exact) mass is 292 g/mol. The van der Waals surface area contributed by atoms with Crippen LogP contribution < -0.4 is 0 Å². The van der Waals surface area contributed by atoms with Crippen LogP contribution in [0.4, 0.5) is 0 Å². The van der Waals surface area contributed by atoms with Crippen molar-refractivity contribution in [3.05, 3.63) is 0 Å². The number of hydrogen-bond acceptors (Lipinski definition) is 0. The first-order valence-electron chi connectivity index (χ1n) is 9.48. The van der Waals surface area contributed by atoms with Crippen molar-refractivity contribution in [1.82, 2.24) is 0 Å². The molecule has 2 aliphatic rings. The summed E-state index contributed by atoms with van der Waals surface area (Å²) < 4.78 is 0. The molecule has 8 atom stereocenters. The lowest BCUT2D eigenvalue weighted by atomic mass is 9.59. The molecule has 2 rings (SSSR count). The van der Waals surface area contributed by atoms with E-state index >= 15 is 0 Å². The van der Waals surface area contributed by atoms with Gasteiger partial charge in [0.25, 0.3) is 0 Å². The largest absolute Gasteiger partial charge is 0.0620 e. The molecule has 0 aromatic heterocycles. The van der Waals surface area contributed by atoms with Gasteiger partial charge in [-0.3, -0.25) is 0 Å². The Balaban J connectivity index is 2.32. The second kappa shape index (κ2) is 5.27. The minimum absolute atomic E-state index is 0.514. The maximum absolute atomic E-state index is 2.61. The van der Waals surface area contributed by atoms with Crippen molar-refractivity contribution in [1.29, 1.82) is 0 Å². The Morgan fingerprint density at radius 1 is 0.476 bits per heavy atom. The fourth-order valence-corrected chi connectivity index (χ4v) is 6.52. The molecule has 8 unspecified atom stereocenters. The molecule has 0 amide bonds. The average molecular weight is 293 g/mol. The SMILES string of the molecule is CC1C(C)C(C)C(C)(CC2(C)C(C)C(C)C(C)C2C)C1C. The van der Waals surface area contributed by atoms with Gasteiger partial charge in [-0.15, -0.1) is 0 Å². The molecule has 2 saturated carbocycles. The summed E-state index contributed by atoms with van der Waals surface area (Å²) in [5.41, 5.74) is 1.03. The molecule has 0 spiro atoms. The molecule has 0 bridgehead atoms. The third-order valence-corrected chi connectivity index (χ3v) is 9.74. The van der Waals surface area contributed by atoms with Crippen molar-refractivity contribution in [2.24, 2.45) is 58.2 Å². The van der Waals surface area contributed by atoms with E-state index in [4.69, 9.17) is 0 Å². The molecule has 0 N–H and O–H groups in total. The quantitative estimate of drug-likeness (QED) is 0.544. The maximum Gasteiger partial charge on any atom is -0.0264 e. The molecule has 0 aromatic carbocycles. The molecule has 0 heteroatoms. The van der Waals surface area contributed by atoms with E-state index < -0.39 is 0 Å². The maximum atomic E-state index is 2.61. The summed E-state index contributed by atoms with van der Waals surface area (Å²) in [5.74, 6) is 6.89. The topological polar surface area (TPSA) is 0 Å². The lowest BCUT2D eigenvalue weighted by Crippen LogP contribution is -2.39. The number of rotatable bonds is 2. The van der Waals surface area contributed by atoms with Gasteiger partial charge in [-0.2, -0.15) is 0 Å². The highest BCUT2D eigenvalue weighted by Gasteiger charge is 2.57. The molecule has 0 aliphatic heterocycles. The second-order valence-electron chi connectivity index (χ2n) is 9.78. The van der Waals surface area contributed by atoms with Gasteiger partial charge in [-0.1, -0.05) is 69.2 Å². The molecule has 2 aliphatic carbocycles. The van der Waals surface area contributed by atoms with Crippen LogP contribution in [-0.2, 0) is 0 Å². The van der Waals surface area contributed by atoms with Crippen LogP contribution >= 0.6 is 0 Å². The van der Waals surface area contributed by atoms with E-state index in [0.29, 0.717) is 10.8 Å². The van der Waals surface area contributed by atoms with Crippen LogP contribution in [0.3, 0.4) is 0 Å². The summed E-state index contributed by atoms with van der Waals surface area (Å²) in [4.78, 5) is 0. The lowest BCUT2D eigenvalue weighted by molar-refractivity contribution is 0.0269. The minimum Gasteiger partial charge on any atom is -0.0620 e. The molecule has 0 aromatic rings. The van der Waals surface area contributed by atoms with Crippen LogP contribution in [0.2, 0.25) is 0 Å².